The van der Waals surface area contributed by atoms with E-state index >= 15 is 0 Å². The number of benzene rings is 3. The highest BCUT2D eigenvalue weighted by atomic mass is 16.3. The zero-order valence-electron chi connectivity index (χ0n) is 12.2. The van der Waals surface area contributed by atoms with Crippen LogP contribution in [0.1, 0.15) is 5.56 Å². The molecule has 0 bridgehead atoms. The standard InChI is InChI=1S/C19H13N3O/c20-11-12-4-3-6-16(19(12)21)22-13-8-9-15-14-5-1-2-7-17(14)23-18(15)10-13/h1-10,22H,21H2. The summed E-state index contributed by atoms with van der Waals surface area (Å²) in [6, 6.07) is 21.3. The molecule has 4 heteroatoms. The minimum absolute atomic E-state index is 0.444. The van der Waals surface area contributed by atoms with Gasteiger partial charge in [0.25, 0.3) is 0 Å². The molecule has 3 N–H and O–H groups in total. The molecule has 0 saturated heterocycles. The summed E-state index contributed by atoms with van der Waals surface area (Å²) in [7, 11) is 0. The monoisotopic (exact) mass is 299 g/mol. The first-order chi connectivity index (χ1) is 11.3. The first kappa shape index (κ1) is 13.2. The van der Waals surface area contributed by atoms with Crippen LogP contribution in [-0.2, 0) is 0 Å². The highest BCUT2D eigenvalue weighted by molar-refractivity contribution is 6.05. The summed E-state index contributed by atoms with van der Waals surface area (Å²) in [4.78, 5) is 0. The minimum atomic E-state index is 0.444. The van der Waals surface area contributed by atoms with E-state index in [2.05, 4.69) is 11.4 Å². The number of nitriles is 1. The molecule has 0 spiro atoms. The predicted molar refractivity (Wildman–Crippen MR) is 92.6 cm³/mol. The fourth-order valence-electron chi connectivity index (χ4n) is 2.73. The maximum atomic E-state index is 9.06. The zero-order valence-corrected chi connectivity index (χ0v) is 12.2. The van der Waals surface area contributed by atoms with Crippen molar-refractivity contribution in [1.29, 1.82) is 5.26 Å². The summed E-state index contributed by atoms with van der Waals surface area (Å²) in [5.41, 5.74) is 10.2. The van der Waals surface area contributed by atoms with Gasteiger partial charge < -0.3 is 15.5 Å². The highest BCUT2D eigenvalue weighted by Crippen LogP contribution is 2.32. The number of furan rings is 1. The van der Waals surface area contributed by atoms with E-state index in [1.807, 2.05) is 48.5 Å². The molecule has 0 radical (unpaired) electrons. The second-order valence-corrected chi connectivity index (χ2v) is 5.31. The van der Waals surface area contributed by atoms with Crippen molar-refractivity contribution < 1.29 is 4.42 Å². The number of para-hydroxylation sites is 2. The third-order valence-electron chi connectivity index (χ3n) is 3.88. The first-order valence-electron chi connectivity index (χ1n) is 7.23. The Bertz CT molecular complexity index is 1070. The Kier molecular flexibility index (Phi) is 2.92. The number of anilines is 3. The molecular weight excluding hydrogens is 286 g/mol. The van der Waals surface area contributed by atoms with E-state index in [0.717, 1.165) is 27.6 Å². The molecule has 0 aliphatic heterocycles. The number of hydrogen-bond acceptors (Lipinski definition) is 4. The third-order valence-corrected chi connectivity index (χ3v) is 3.88. The number of nitrogens with two attached hydrogens (primary N) is 1. The molecule has 0 unspecified atom stereocenters. The van der Waals surface area contributed by atoms with Crippen LogP contribution in [0, 0.1) is 11.3 Å². The first-order valence-corrected chi connectivity index (χ1v) is 7.23. The molecule has 0 amide bonds. The lowest BCUT2D eigenvalue weighted by molar-refractivity contribution is 0.669. The van der Waals surface area contributed by atoms with E-state index in [4.69, 9.17) is 15.4 Å². The van der Waals surface area contributed by atoms with Crippen LogP contribution < -0.4 is 11.1 Å². The van der Waals surface area contributed by atoms with E-state index in [1.165, 1.54) is 0 Å². The number of nitrogens with zero attached hydrogens (tertiary/aromatic N) is 1. The van der Waals surface area contributed by atoms with Crippen LogP contribution >= 0.6 is 0 Å². The van der Waals surface area contributed by atoms with Crippen LogP contribution in [0.4, 0.5) is 17.1 Å². The second kappa shape index (κ2) is 5.08. The molecule has 3 aromatic carbocycles. The molecule has 0 aliphatic carbocycles. The van der Waals surface area contributed by atoms with Gasteiger partial charge in [-0.15, -0.1) is 0 Å². The van der Waals surface area contributed by atoms with Gasteiger partial charge in [-0.25, -0.2) is 0 Å². The highest BCUT2D eigenvalue weighted by Gasteiger charge is 2.08. The maximum Gasteiger partial charge on any atom is 0.137 e. The average molecular weight is 299 g/mol. The van der Waals surface area contributed by atoms with Gasteiger partial charge in [0, 0.05) is 22.5 Å². The van der Waals surface area contributed by atoms with Gasteiger partial charge in [0.2, 0.25) is 0 Å². The Morgan fingerprint density at radius 1 is 0.913 bits per heavy atom. The molecule has 0 aliphatic rings. The molecule has 4 rings (SSSR count). The van der Waals surface area contributed by atoms with Crippen molar-refractivity contribution in [3.05, 3.63) is 66.2 Å². The molecule has 0 saturated carbocycles. The number of hydrogen-bond donors (Lipinski definition) is 2. The summed E-state index contributed by atoms with van der Waals surface area (Å²) in [5.74, 6) is 0. The smallest absolute Gasteiger partial charge is 0.137 e. The number of rotatable bonds is 2. The number of nitrogen functional groups attached to an aromatic ring is 1. The Labute approximate surface area is 132 Å². The number of nitrogens with one attached hydrogen (secondary N) is 1. The molecular formula is C19H13N3O. The van der Waals surface area contributed by atoms with Crippen molar-refractivity contribution in [3.8, 4) is 6.07 Å². The molecule has 1 heterocycles. The normalized spacial score (nSPS) is 10.7. The summed E-state index contributed by atoms with van der Waals surface area (Å²) in [6.07, 6.45) is 0. The quantitative estimate of drug-likeness (QED) is 0.522. The summed E-state index contributed by atoms with van der Waals surface area (Å²) in [5, 5.41) is 14.5. The van der Waals surface area contributed by atoms with Gasteiger partial charge in [-0.1, -0.05) is 24.3 Å². The Balaban J connectivity index is 1.78. The van der Waals surface area contributed by atoms with Crippen molar-refractivity contribution in [1.82, 2.24) is 0 Å². The van der Waals surface area contributed by atoms with Crippen molar-refractivity contribution >= 4 is 39.0 Å². The van der Waals surface area contributed by atoms with Crippen molar-refractivity contribution in [2.24, 2.45) is 0 Å². The van der Waals surface area contributed by atoms with E-state index in [1.54, 1.807) is 12.1 Å². The molecule has 1 aromatic heterocycles. The Morgan fingerprint density at radius 2 is 1.74 bits per heavy atom. The zero-order chi connectivity index (χ0) is 15.8. The predicted octanol–water partition coefficient (Wildman–Crippen LogP) is 4.78. The lowest BCUT2D eigenvalue weighted by Gasteiger charge is -2.10. The fraction of sp³-hybridized carbons (Fsp3) is 0. The van der Waals surface area contributed by atoms with Gasteiger partial charge in [0.1, 0.15) is 17.2 Å². The van der Waals surface area contributed by atoms with Crippen molar-refractivity contribution in [3.63, 3.8) is 0 Å². The Hall–Kier alpha value is -3.45. The largest absolute Gasteiger partial charge is 0.456 e. The average Bonchev–Trinajstić information content (AvgIpc) is 2.94. The summed E-state index contributed by atoms with van der Waals surface area (Å²) < 4.78 is 5.88. The SMILES string of the molecule is N#Cc1cccc(Nc2ccc3c(c2)oc2ccccc23)c1N. The number of fused-ring (bicyclic) bond motifs is 3. The molecule has 0 atom stereocenters. The van der Waals surface area contributed by atoms with E-state index in [0.29, 0.717) is 16.9 Å². The van der Waals surface area contributed by atoms with Gasteiger partial charge in [0.15, 0.2) is 0 Å². The van der Waals surface area contributed by atoms with E-state index < -0.39 is 0 Å². The summed E-state index contributed by atoms with van der Waals surface area (Å²) >= 11 is 0. The molecule has 110 valence electrons. The Morgan fingerprint density at radius 3 is 2.61 bits per heavy atom. The van der Waals surface area contributed by atoms with Gasteiger partial charge in [0.05, 0.1) is 16.9 Å². The fourth-order valence-corrected chi connectivity index (χ4v) is 2.73. The summed E-state index contributed by atoms with van der Waals surface area (Å²) in [6.45, 7) is 0. The van der Waals surface area contributed by atoms with Crippen LogP contribution in [-0.4, -0.2) is 0 Å². The van der Waals surface area contributed by atoms with Gasteiger partial charge in [-0.3, -0.25) is 0 Å². The van der Waals surface area contributed by atoms with Crippen LogP contribution in [0.25, 0.3) is 21.9 Å². The molecule has 23 heavy (non-hydrogen) atoms. The van der Waals surface area contributed by atoms with E-state index in [9.17, 15) is 0 Å². The third kappa shape index (κ3) is 2.16. The lowest BCUT2D eigenvalue weighted by Crippen LogP contribution is -1.98. The van der Waals surface area contributed by atoms with Crippen LogP contribution in [0.2, 0.25) is 0 Å². The van der Waals surface area contributed by atoms with Crippen molar-refractivity contribution in [2.45, 2.75) is 0 Å². The van der Waals surface area contributed by atoms with Gasteiger partial charge >= 0.3 is 0 Å². The molecule has 4 aromatic rings. The molecule has 0 fully saturated rings. The maximum absolute atomic E-state index is 9.06. The van der Waals surface area contributed by atoms with Crippen LogP contribution in [0.3, 0.4) is 0 Å². The van der Waals surface area contributed by atoms with Crippen LogP contribution in [0.15, 0.2) is 65.1 Å². The minimum Gasteiger partial charge on any atom is -0.456 e. The van der Waals surface area contributed by atoms with Crippen LogP contribution in [0.5, 0.6) is 0 Å². The second-order valence-electron chi connectivity index (χ2n) is 5.31. The van der Waals surface area contributed by atoms with Gasteiger partial charge in [-0.05, 0) is 30.3 Å². The van der Waals surface area contributed by atoms with Gasteiger partial charge in [-0.2, -0.15) is 5.26 Å². The topological polar surface area (TPSA) is 75.0 Å². The van der Waals surface area contributed by atoms with E-state index in [-0.39, 0.29) is 0 Å². The molecule has 4 nitrogen and oxygen atoms in total. The van der Waals surface area contributed by atoms with Crippen molar-refractivity contribution in [2.75, 3.05) is 11.1 Å². The lowest BCUT2D eigenvalue weighted by atomic mass is 10.1.